The van der Waals surface area contributed by atoms with Crippen LogP contribution in [0, 0.1) is 21.7 Å². The van der Waals surface area contributed by atoms with E-state index in [1.54, 1.807) is 0 Å². The van der Waals surface area contributed by atoms with Gasteiger partial charge >= 0.3 is 24.7 Å². The summed E-state index contributed by atoms with van der Waals surface area (Å²) in [6.07, 6.45) is -18.6. The van der Waals surface area contributed by atoms with Gasteiger partial charge in [0.2, 0.25) is 23.0 Å². The van der Waals surface area contributed by atoms with Gasteiger partial charge in [-0.3, -0.25) is 19.2 Å². The Labute approximate surface area is 317 Å². The smallest absolute Gasteiger partial charge is 0.448 e. The number of aliphatic hydroxyl groups is 4. The van der Waals surface area contributed by atoms with Gasteiger partial charge in [0.05, 0.1) is 0 Å². The average molecular weight is 876 g/mol. The van der Waals surface area contributed by atoms with Crippen molar-refractivity contribution in [3.8, 4) is 0 Å². The number of hydrogen-bond donors (Lipinski definition) is 4. The fourth-order valence-electron chi connectivity index (χ4n) is 1.69. The van der Waals surface area contributed by atoms with Crippen molar-refractivity contribution in [3.63, 3.8) is 0 Å². The van der Waals surface area contributed by atoms with Crippen molar-refractivity contribution in [1.29, 1.82) is 0 Å². The largest absolute Gasteiger partial charge is 0.504 e. The molecule has 308 valence electrons. The SMILES string of the molecule is CC(C)(C)C(=O)/C=C(\O)C(F)(F)F.CC(C)(C)C(=O)/C=C(\O)C(F)(F)F.CC(C)(C)C(=O)/C=C(\O)C(F)(F)F.CC(C)(C)C(=O)/C=C(\O)C(F)(F)F.[Zr]. The molecule has 0 rings (SSSR count). The predicted molar refractivity (Wildman–Crippen MR) is 165 cm³/mol. The number of hydrogen-bond acceptors (Lipinski definition) is 8. The molecule has 53 heavy (non-hydrogen) atoms. The van der Waals surface area contributed by atoms with E-state index in [4.69, 9.17) is 20.4 Å². The second-order valence-corrected chi connectivity index (χ2v) is 14.6. The van der Waals surface area contributed by atoms with Crippen LogP contribution in [-0.2, 0) is 45.4 Å². The zero-order valence-corrected chi connectivity index (χ0v) is 33.2. The van der Waals surface area contributed by atoms with E-state index < -0.39 is 92.5 Å². The number of alkyl halides is 12. The van der Waals surface area contributed by atoms with Crippen molar-refractivity contribution < 1.29 is 118 Å². The molecule has 0 amide bonds. The number of allylic oxidation sites excluding steroid dienone is 8. The molecule has 0 atom stereocenters. The van der Waals surface area contributed by atoms with E-state index in [1.807, 2.05) is 0 Å². The van der Waals surface area contributed by atoms with Gasteiger partial charge < -0.3 is 20.4 Å². The number of aliphatic hydroxyl groups excluding tert-OH is 4. The molecule has 0 unspecified atom stereocenters. The summed E-state index contributed by atoms with van der Waals surface area (Å²) in [5.41, 5.74) is -3.67. The van der Waals surface area contributed by atoms with Gasteiger partial charge in [0.1, 0.15) is 0 Å². The van der Waals surface area contributed by atoms with E-state index in [2.05, 4.69) is 0 Å². The number of ketones is 4. The molecule has 0 saturated heterocycles. The van der Waals surface area contributed by atoms with E-state index in [1.165, 1.54) is 83.1 Å². The van der Waals surface area contributed by atoms with Crippen LogP contribution in [0.3, 0.4) is 0 Å². The zero-order chi connectivity index (χ0) is 43.4. The Bertz CT molecular complexity index is 1150. The monoisotopic (exact) mass is 874 g/mol. The number of carbonyl (C=O) groups is 4. The first-order chi connectivity index (χ1) is 22.2. The van der Waals surface area contributed by atoms with Gasteiger partial charge in [0.25, 0.3) is 0 Å². The van der Waals surface area contributed by atoms with E-state index in [-0.39, 0.29) is 50.5 Å². The number of halogens is 12. The second-order valence-electron chi connectivity index (χ2n) is 14.6. The first kappa shape index (κ1) is 59.2. The first-order valence-corrected chi connectivity index (χ1v) is 14.3. The van der Waals surface area contributed by atoms with E-state index in [0.29, 0.717) is 0 Å². The molecule has 0 aliphatic rings. The van der Waals surface area contributed by atoms with E-state index in [9.17, 15) is 71.9 Å². The van der Waals surface area contributed by atoms with Crippen molar-refractivity contribution >= 4 is 23.1 Å². The molecule has 0 spiro atoms. The molecule has 0 bridgehead atoms. The van der Waals surface area contributed by atoms with Gasteiger partial charge in [0, 0.05) is 72.2 Å². The quantitative estimate of drug-likeness (QED) is 0.124. The molecule has 8 nitrogen and oxygen atoms in total. The van der Waals surface area contributed by atoms with Crippen LogP contribution in [0.2, 0.25) is 0 Å². The van der Waals surface area contributed by atoms with Gasteiger partial charge in [-0.1, -0.05) is 83.1 Å². The normalized spacial score (nSPS) is 14.2. The molecule has 0 aromatic heterocycles. The summed E-state index contributed by atoms with van der Waals surface area (Å²) in [5, 5.41) is 33.7. The Balaban J connectivity index is -0.000000192. The van der Waals surface area contributed by atoms with Crippen molar-refractivity contribution in [2.45, 2.75) is 108 Å². The van der Waals surface area contributed by atoms with Gasteiger partial charge in [0.15, 0.2) is 23.1 Å². The summed E-state index contributed by atoms with van der Waals surface area (Å²) in [5.74, 6) is -10.5. The predicted octanol–water partition coefficient (Wildman–Crippen LogP) is 10.4. The average Bonchev–Trinajstić information content (AvgIpc) is 2.85. The molecule has 0 saturated carbocycles. The van der Waals surface area contributed by atoms with E-state index in [0.717, 1.165) is 0 Å². The number of carbonyl (C=O) groups excluding carboxylic acids is 4. The maximum Gasteiger partial charge on any atom is 0.448 e. The molecule has 0 aromatic rings. The van der Waals surface area contributed by atoms with Gasteiger partial charge in [-0.25, -0.2) is 0 Å². The topological polar surface area (TPSA) is 149 Å². The molecule has 21 heteroatoms. The zero-order valence-electron chi connectivity index (χ0n) is 30.8. The Hall–Kier alpha value is -3.12. The summed E-state index contributed by atoms with van der Waals surface area (Å²) in [7, 11) is 0. The summed E-state index contributed by atoms with van der Waals surface area (Å²) >= 11 is 0. The molecular formula is C32H44F12O8Zr. The molecule has 0 radical (unpaired) electrons. The fraction of sp³-hybridized carbons (Fsp3) is 0.625. The molecular weight excluding hydrogens is 832 g/mol. The van der Waals surface area contributed by atoms with Crippen LogP contribution in [0.25, 0.3) is 0 Å². The fourth-order valence-corrected chi connectivity index (χ4v) is 1.69. The summed E-state index contributed by atoms with van der Waals surface area (Å²) in [6.45, 7) is 17.6. The first-order valence-electron chi connectivity index (χ1n) is 14.3. The van der Waals surface area contributed by atoms with Crippen LogP contribution in [0.15, 0.2) is 47.3 Å². The van der Waals surface area contributed by atoms with E-state index >= 15 is 0 Å². The summed E-state index contributed by atoms with van der Waals surface area (Å²) in [6, 6.07) is 0. The summed E-state index contributed by atoms with van der Waals surface area (Å²) < 4.78 is 141. The minimum absolute atomic E-state index is 0. The third-order valence-corrected chi connectivity index (χ3v) is 5.19. The second kappa shape index (κ2) is 21.1. The van der Waals surface area contributed by atoms with Crippen molar-refractivity contribution in [3.05, 3.63) is 47.3 Å². The van der Waals surface area contributed by atoms with Crippen LogP contribution in [0.5, 0.6) is 0 Å². The molecule has 0 aliphatic carbocycles. The van der Waals surface area contributed by atoms with Crippen LogP contribution in [0.4, 0.5) is 52.7 Å². The molecule has 0 aromatic carbocycles. The van der Waals surface area contributed by atoms with Crippen molar-refractivity contribution in [2.24, 2.45) is 21.7 Å². The van der Waals surface area contributed by atoms with Crippen LogP contribution in [0.1, 0.15) is 83.1 Å². The Kier molecular flexibility index (Phi) is 23.6. The van der Waals surface area contributed by atoms with Crippen LogP contribution < -0.4 is 0 Å². The molecule has 0 heterocycles. The maximum atomic E-state index is 11.7. The molecule has 4 N–H and O–H groups in total. The minimum atomic E-state index is -4.85. The van der Waals surface area contributed by atoms with Gasteiger partial charge in [-0.05, 0) is 0 Å². The van der Waals surface area contributed by atoms with Crippen molar-refractivity contribution in [1.82, 2.24) is 0 Å². The summed E-state index contributed by atoms with van der Waals surface area (Å²) in [4.78, 5) is 43.9. The van der Waals surface area contributed by atoms with Crippen molar-refractivity contribution in [2.75, 3.05) is 0 Å². The minimum Gasteiger partial charge on any atom is -0.504 e. The third-order valence-electron chi connectivity index (χ3n) is 5.19. The Morgan fingerprint density at radius 3 is 0.472 bits per heavy atom. The molecule has 0 aliphatic heterocycles. The van der Waals surface area contributed by atoms with Crippen LogP contribution in [-0.4, -0.2) is 68.3 Å². The maximum absolute atomic E-state index is 11.7. The molecule has 0 fully saturated rings. The Morgan fingerprint density at radius 1 is 0.321 bits per heavy atom. The van der Waals surface area contributed by atoms with Gasteiger partial charge in [-0.15, -0.1) is 0 Å². The van der Waals surface area contributed by atoms with Gasteiger partial charge in [-0.2, -0.15) is 52.7 Å². The third kappa shape index (κ3) is 29.0. The van der Waals surface area contributed by atoms with Crippen LogP contribution >= 0.6 is 0 Å². The standard InChI is InChI=1S/4C8H11F3O2.Zr/c4*1-7(2,3)5(12)4-6(13)8(9,10)11;/h4*4,13H,1-3H3;/b4*6-4-;. The Morgan fingerprint density at radius 2 is 0.415 bits per heavy atom. The number of rotatable bonds is 4.